The summed E-state index contributed by atoms with van der Waals surface area (Å²) < 4.78 is 1.28. The Morgan fingerprint density at radius 3 is 2.92 bits per heavy atom. The molecule has 0 saturated carbocycles. The summed E-state index contributed by atoms with van der Waals surface area (Å²) >= 11 is 1.64. The largest absolute Gasteiger partial charge is 0.481 e. The SMILES string of the molecule is O=C(O)CC1CSCCN1C(=O)Cn1cnc2ccccc2c1=O. The van der Waals surface area contributed by atoms with Gasteiger partial charge in [-0.05, 0) is 12.1 Å². The summed E-state index contributed by atoms with van der Waals surface area (Å²) in [5.74, 6) is 0.195. The molecule has 2 aromatic rings. The van der Waals surface area contributed by atoms with Gasteiger partial charge in [-0.2, -0.15) is 11.8 Å². The van der Waals surface area contributed by atoms with E-state index in [0.717, 1.165) is 5.75 Å². The maximum Gasteiger partial charge on any atom is 0.305 e. The number of aromatic nitrogens is 2. The van der Waals surface area contributed by atoms with Gasteiger partial charge in [-0.15, -0.1) is 0 Å². The normalized spacial score (nSPS) is 17.8. The van der Waals surface area contributed by atoms with E-state index >= 15 is 0 Å². The zero-order valence-corrected chi connectivity index (χ0v) is 13.7. The molecule has 1 amide bonds. The fourth-order valence-corrected chi connectivity index (χ4v) is 3.87. The molecule has 1 fully saturated rings. The fraction of sp³-hybridized carbons (Fsp3) is 0.375. The molecule has 0 radical (unpaired) electrons. The first-order valence-corrected chi connectivity index (χ1v) is 8.75. The maximum atomic E-state index is 12.6. The molecule has 126 valence electrons. The predicted octanol–water partition coefficient (Wildman–Crippen LogP) is 0.815. The van der Waals surface area contributed by atoms with Crippen molar-refractivity contribution in [3.05, 3.63) is 40.9 Å². The van der Waals surface area contributed by atoms with Crippen molar-refractivity contribution in [3.63, 3.8) is 0 Å². The molecule has 0 spiro atoms. The highest BCUT2D eigenvalue weighted by atomic mass is 32.2. The van der Waals surface area contributed by atoms with Crippen LogP contribution in [0.3, 0.4) is 0 Å². The Hall–Kier alpha value is -2.35. The highest BCUT2D eigenvalue weighted by molar-refractivity contribution is 7.99. The van der Waals surface area contributed by atoms with Crippen LogP contribution in [-0.4, -0.2) is 55.5 Å². The molecule has 8 heteroatoms. The van der Waals surface area contributed by atoms with Gasteiger partial charge in [0, 0.05) is 18.1 Å². The third-order valence-electron chi connectivity index (χ3n) is 4.00. The van der Waals surface area contributed by atoms with E-state index in [1.165, 1.54) is 10.9 Å². The third kappa shape index (κ3) is 3.43. The molecule has 1 atom stereocenters. The van der Waals surface area contributed by atoms with Crippen LogP contribution in [0.25, 0.3) is 10.9 Å². The first-order valence-electron chi connectivity index (χ1n) is 7.59. The standard InChI is InChI=1S/C16H17N3O4S/c20-14(19-5-6-24-9-11(19)7-15(21)22)8-18-10-17-13-4-2-1-3-12(13)16(18)23/h1-4,10-11H,5-9H2,(H,21,22). The third-order valence-corrected chi connectivity index (χ3v) is 5.09. The molecule has 1 aromatic carbocycles. The van der Waals surface area contributed by atoms with Crippen molar-refractivity contribution in [1.29, 1.82) is 0 Å². The summed E-state index contributed by atoms with van der Waals surface area (Å²) in [6.45, 7) is 0.370. The fourth-order valence-electron chi connectivity index (χ4n) is 2.81. The lowest BCUT2D eigenvalue weighted by molar-refractivity contribution is -0.140. The monoisotopic (exact) mass is 347 g/mol. The number of thioether (sulfide) groups is 1. The van der Waals surface area contributed by atoms with Crippen LogP contribution in [0, 0.1) is 0 Å². The van der Waals surface area contributed by atoms with Crippen LogP contribution in [0.2, 0.25) is 0 Å². The number of nitrogens with zero attached hydrogens (tertiary/aromatic N) is 3. The van der Waals surface area contributed by atoms with Crippen LogP contribution in [0.4, 0.5) is 0 Å². The molecule has 7 nitrogen and oxygen atoms in total. The van der Waals surface area contributed by atoms with E-state index in [4.69, 9.17) is 5.11 Å². The van der Waals surface area contributed by atoms with Crippen molar-refractivity contribution in [2.75, 3.05) is 18.1 Å². The van der Waals surface area contributed by atoms with Gasteiger partial charge in [0.05, 0.1) is 29.7 Å². The highest BCUT2D eigenvalue weighted by Gasteiger charge is 2.29. The van der Waals surface area contributed by atoms with Gasteiger partial charge in [0.25, 0.3) is 5.56 Å². The van der Waals surface area contributed by atoms with E-state index in [2.05, 4.69) is 4.98 Å². The number of para-hydroxylation sites is 1. The minimum atomic E-state index is -0.926. The summed E-state index contributed by atoms with van der Waals surface area (Å²) in [7, 11) is 0. The summed E-state index contributed by atoms with van der Waals surface area (Å²) in [5, 5.41) is 9.47. The van der Waals surface area contributed by atoms with E-state index in [-0.39, 0.29) is 30.5 Å². The van der Waals surface area contributed by atoms with E-state index < -0.39 is 5.97 Å². The lowest BCUT2D eigenvalue weighted by Gasteiger charge is -2.34. The summed E-state index contributed by atoms with van der Waals surface area (Å²) in [5.41, 5.74) is 0.319. The molecule has 1 unspecified atom stereocenters. The number of carboxylic acid groups (broad SMARTS) is 1. The molecule has 1 saturated heterocycles. The van der Waals surface area contributed by atoms with Crippen LogP contribution < -0.4 is 5.56 Å². The number of carbonyl (C=O) groups is 2. The van der Waals surface area contributed by atoms with Crippen LogP contribution >= 0.6 is 11.8 Å². The molecule has 1 aromatic heterocycles. The number of carboxylic acids is 1. The second-order valence-corrected chi connectivity index (χ2v) is 6.76. The van der Waals surface area contributed by atoms with Gasteiger partial charge in [-0.1, -0.05) is 12.1 Å². The van der Waals surface area contributed by atoms with Crippen molar-refractivity contribution in [2.45, 2.75) is 19.0 Å². The molecule has 3 rings (SSSR count). The number of fused-ring (bicyclic) bond motifs is 1. The lowest BCUT2D eigenvalue weighted by atomic mass is 10.2. The quantitative estimate of drug-likeness (QED) is 0.880. The molecular formula is C16H17N3O4S. The van der Waals surface area contributed by atoms with Gasteiger partial charge in [-0.25, -0.2) is 4.98 Å². The first-order chi connectivity index (χ1) is 11.6. The van der Waals surface area contributed by atoms with Crippen LogP contribution in [-0.2, 0) is 16.1 Å². The Labute approximate surface area is 142 Å². The minimum Gasteiger partial charge on any atom is -0.481 e. The number of amides is 1. The minimum absolute atomic E-state index is 0.0798. The van der Waals surface area contributed by atoms with Crippen molar-refractivity contribution >= 4 is 34.5 Å². The number of hydrogen-bond acceptors (Lipinski definition) is 5. The van der Waals surface area contributed by atoms with Gasteiger partial charge >= 0.3 is 5.97 Å². The van der Waals surface area contributed by atoms with Crippen molar-refractivity contribution in [2.24, 2.45) is 0 Å². The van der Waals surface area contributed by atoms with Gasteiger partial charge in [0.2, 0.25) is 5.91 Å². The second kappa shape index (κ2) is 7.04. The molecular weight excluding hydrogens is 330 g/mol. The van der Waals surface area contributed by atoms with E-state index in [0.29, 0.717) is 23.2 Å². The number of hydrogen-bond donors (Lipinski definition) is 1. The molecule has 2 heterocycles. The molecule has 1 N–H and O–H groups in total. The van der Waals surface area contributed by atoms with Crippen molar-refractivity contribution < 1.29 is 14.7 Å². The Balaban J connectivity index is 1.82. The number of rotatable bonds is 4. The zero-order chi connectivity index (χ0) is 17.1. The van der Waals surface area contributed by atoms with E-state index in [1.54, 1.807) is 40.9 Å². The Kier molecular flexibility index (Phi) is 4.84. The van der Waals surface area contributed by atoms with E-state index in [1.807, 2.05) is 0 Å². The smallest absolute Gasteiger partial charge is 0.305 e. The van der Waals surface area contributed by atoms with Crippen molar-refractivity contribution in [3.8, 4) is 0 Å². The Morgan fingerprint density at radius 2 is 2.12 bits per heavy atom. The Morgan fingerprint density at radius 1 is 1.33 bits per heavy atom. The Bertz CT molecular complexity index is 835. The average molecular weight is 347 g/mol. The maximum absolute atomic E-state index is 12.6. The lowest BCUT2D eigenvalue weighted by Crippen LogP contribution is -2.49. The van der Waals surface area contributed by atoms with Gasteiger partial charge in [0.15, 0.2) is 0 Å². The molecule has 1 aliphatic rings. The number of aliphatic carboxylic acids is 1. The van der Waals surface area contributed by atoms with Gasteiger partial charge in [-0.3, -0.25) is 19.0 Å². The molecule has 0 bridgehead atoms. The topological polar surface area (TPSA) is 92.5 Å². The van der Waals surface area contributed by atoms with Crippen LogP contribution in [0.1, 0.15) is 6.42 Å². The second-order valence-electron chi connectivity index (χ2n) is 5.61. The molecule has 0 aliphatic carbocycles. The number of carbonyl (C=O) groups excluding carboxylic acids is 1. The predicted molar refractivity (Wildman–Crippen MR) is 91.1 cm³/mol. The highest BCUT2D eigenvalue weighted by Crippen LogP contribution is 2.19. The zero-order valence-electron chi connectivity index (χ0n) is 12.9. The van der Waals surface area contributed by atoms with E-state index in [9.17, 15) is 14.4 Å². The van der Waals surface area contributed by atoms with Gasteiger partial charge < -0.3 is 10.0 Å². The number of benzene rings is 1. The van der Waals surface area contributed by atoms with Gasteiger partial charge in [0.1, 0.15) is 6.54 Å². The van der Waals surface area contributed by atoms with Crippen LogP contribution in [0.5, 0.6) is 0 Å². The van der Waals surface area contributed by atoms with Crippen LogP contribution in [0.15, 0.2) is 35.4 Å². The molecule has 1 aliphatic heterocycles. The summed E-state index contributed by atoms with van der Waals surface area (Å²) in [4.78, 5) is 41.8. The van der Waals surface area contributed by atoms with Crippen molar-refractivity contribution in [1.82, 2.24) is 14.5 Å². The summed E-state index contributed by atoms with van der Waals surface area (Å²) in [6.07, 6.45) is 1.29. The molecule has 24 heavy (non-hydrogen) atoms. The average Bonchev–Trinajstić information content (AvgIpc) is 2.57. The first kappa shape index (κ1) is 16.5. The summed E-state index contributed by atoms with van der Waals surface area (Å²) in [6, 6.07) is 6.64.